The van der Waals surface area contributed by atoms with E-state index in [4.69, 9.17) is 0 Å². The van der Waals surface area contributed by atoms with E-state index in [9.17, 15) is 5.11 Å². The highest BCUT2D eigenvalue weighted by molar-refractivity contribution is 7.09. The molecular formula is C15H27N3OS. The van der Waals surface area contributed by atoms with E-state index in [0.29, 0.717) is 5.92 Å². The number of hydrogen-bond donors (Lipinski definition) is 2. The highest BCUT2D eigenvalue weighted by Gasteiger charge is 2.31. The van der Waals surface area contributed by atoms with Crippen LogP contribution in [-0.4, -0.2) is 27.6 Å². The molecule has 0 amide bonds. The van der Waals surface area contributed by atoms with Crippen LogP contribution in [0.1, 0.15) is 58.2 Å². The van der Waals surface area contributed by atoms with Crippen molar-refractivity contribution >= 4 is 16.7 Å². The van der Waals surface area contributed by atoms with Crippen LogP contribution in [0.15, 0.2) is 0 Å². The summed E-state index contributed by atoms with van der Waals surface area (Å²) in [5, 5.41) is 13.7. The summed E-state index contributed by atoms with van der Waals surface area (Å²) in [5.41, 5.74) is 0.261. The number of aromatic nitrogens is 2. The number of anilines is 1. The number of nitrogens with zero attached hydrogens (tertiary/aromatic N) is 2. The van der Waals surface area contributed by atoms with Crippen LogP contribution < -0.4 is 5.32 Å². The molecule has 2 N–H and O–H groups in total. The molecule has 1 aliphatic rings. The molecule has 0 atom stereocenters. The fourth-order valence-electron chi connectivity index (χ4n) is 3.09. The zero-order chi connectivity index (χ0) is 14.4. The van der Waals surface area contributed by atoms with E-state index in [-0.39, 0.29) is 12.0 Å². The molecule has 1 saturated carbocycles. The number of nitrogens with one attached hydrogen (secondary N) is 1. The minimum Gasteiger partial charge on any atom is -0.396 e. The fraction of sp³-hybridized carbons (Fsp3) is 0.867. The largest absolute Gasteiger partial charge is 0.396 e. The van der Waals surface area contributed by atoms with Crippen molar-refractivity contribution < 1.29 is 5.11 Å². The Balaban J connectivity index is 1.90. The van der Waals surface area contributed by atoms with Crippen LogP contribution >= 0.6 is 11.5 Å². The van der Waals surface area contributed by atoms with Crippen LogP contribution in [0, 0.1) is 11.3 Å². The van der Waals surface area contributed by atoms with Gasteiger partial charge in [0.05, 0.1) is 0 Å². The number of aliphatic hydroxyl groups excluding tert-OH is 1. The van der Waals surface area contributed by atoms with Gasteiger partial charge in [-0.3, -0.25) is 0 Å². The number of aliphatic hydroxyl groups is 1. The summed E-state index contributed by atoms with van der Waals surface area (Å²) in [6.45, 7) is 5.58. The average Bonchev–Trinajstić information content (AvgIpc) is 2.85. The molecule has 5 heteroatoms. The molecule has 1 aromatic heterocycles. The van der Waals surface area contributed by atoms with Gasteiger partial charge in [-0.2, -0.15) is 4.37 Å². The van der Waals surface area contributed by atoms with Gasteiger partial charge in [-0.1, -0.05) is 33.1 Å². The summed E-state index contributed by atoms with van der Waals surface area (Å²) >= 11 is 1.46. The average molecular weight is 297 g/mol. The molecule has 0 aromatic carbocycles. The van der Waals surface area contributed by atoms with Crippen LogP contribution in [0.25, 0.3) is 0 Å². The SMILES string of the molecule is CC(C)Cc1nsc(NCC2(CCO)CCCCC2)n1. The van der Waals surface area contributed by atoms with Gasteiger partial charge in [-0.15, -0.1) is 0 Å². The van der Waals surface area contributed by atoms with Crippen LogP contribution in [0.3, 0.4) is 0 Å². The second kappa shape index (κ2) is 7.36. The van der Waals surface area contributed by atoms with Gasteiger partial charge in [-0.25, -0.2) is 4.98 Å². The summed E-state index contributed by atoms with van der Waals surface area (Å²) in [4.78, 5) is 4.56. The molecule has 1 aromatic rings. The first-order valence-electron chi connectivity index (χ1n) is 7.81. The van der Waals surface area contributed by atoms with Crippen LogP contribution in [0.2, 0.25) is 0 Å². The first-order chi connectivity index (χ1) is 9.63. The topological polar surface area (TPSA) is 58.0 Å². The predicted molar refractivity (Wildman–Crippen MR) is 84.2 cm³/mol. The van der Waals surface area contributed by atoms with E-state index in [1.807, 2.05) is 0 Å². The molecule has 0 saturated heterocycles. The zero-order valence-electron chi connectivity index (χ0n) is 12.7. The summed E-state index contributed by atoms with van der Waals surface area (Å²) in [6, 6.07) is 0. The van der Waals surface area contributed by atoms with Crippen molar-refractivity contribution in [3.8, 4) is 0 Å². The molecule has 0 bridgehead atoms. The second-order valence-corrected chi connectivity index (χ2v) is 7.25. The maximum absolute atomic E-state index is 9.33. The van der Waals surface area contributed by atoms with Crippen molar-refractivity contribution in [3.63, 3.8) is 0 Å². The van der Waals surface area contributed by atoms with Crippen molar-refractivity contribution in [2.24, 2.45) is 11.3 Å². The third-order valence-corrected chi connectivity index (χ3v) is 4.94. The van der Waals surface area contributed by atoms with E-state index in [0.717, 1.165) is 30.3 Å². The highest BCUT2D eigenvalue weighted by Crippen LogP contribution is 2.39. The Kier molecular flexibility index (Phi) is 5.78. The van der Waals surface area contributed by atoms with E-state index in [2.05, 4.69) is 28.5 Å². The first kappa shape index (κ1) is 15.7. The Morgan fingerprint density at radius 3 is 2.70 bits per heavy atom. The highest BCUT2D eigenvalue weighted by atomic mass is 32.1. The third-order valence-electron chi connectivity index (χ3n) is 4.23. The number of rotatable bonds is 7. The Hall–Kier alpha value is -0.680. The van der Waals surface area contributed by atoms with Crippen molar-refractivity contribution in [1.29, 1.82) is 0 Å². The first-order valence-corrected chi connectivity index (χ1v) is 8.58. The summed E-state index contributed by atoms with van der Waals surface area (Å²) in [5.74, 6) is 1.55. The smallest absolute Gasteiger partial charge is 0.202 e. The Bertz CT molecular complexity index is 394. The summed E-state index contributed by atoms with van der Waals surface area (Å²) in [7, 11) is 0. The molecule has 4 nitrogen and oxygen atoms in total. The molecule has 114 valence electrons. The van der Waals surface area contributed by atoms with Crippen LogP contribution in [0.4, 0.5) is 5.13 Å². The normalized spacial score (nSPS) is 18.4. The molecule has 1 aliphatic carbocycles. The van der Waals surface area contributed by atoms with Gasteiger partial charge in [-0.05, 0) is 30.6 Å². The summed E-state index contributed by atoms with van der Waals surface area (Å²) in [6.07, 6.45) is 8.20. The van der Waals surface area contributed by atoms with Gasteiger partial charge >= 0.3 is 0 Å². The lowest BCUT2D eigenvalue weighted by molar-refractivity contribution is 0.141. The fourth-order valence-corrected chi connectivity index (χ4v) is 3.68. The van der Waals surface area contributed by atoms with Crippen LogP contribution in [0.5, 0.6) is 0 Å². The quantitative estimate of drug-likeness (QED) is 0.809. The third kappa shape index (κ3) is 4.42. The Morgan fingerprint density at radius 2 is 2.05 bits per heavy atom. The van der Waals surface area contributed by atoms with Crippen molar-refractivity contribution in [1.82, 2.24) is 9.36 Å². The maximum Gasteiger partial charge on any atom is 0.202 e. The number of hydrogen-bond acceptors (Lipinski definition) is 5. The van der Waals surface area contributed by atoms with Crippen molar-refractivity contribution in [2.75, 3.05) is 18.5 Å². The van der Waals surface area contributed by atoms with Crippen molar-refractivity contribution in [2.45, 2.75) is 58.8 Å². The van der Waals surface area contributed by atoms with E-state index in [1.165, 1.54) is 43.6 Å². The predicted octanol–water partition coefficient (Wildman–Crippen LogP) is 3.48. The van der Waals surface area contributed by atoms with E-state index < -0.39 is 0 Å². The Morgan fingerprint density at radius 1 is 1.30 bits per heavy atom. The monoisotopic (exact) mass is 297 g/mol. The lowest BCUT2D eigenvalue weighted by Gasteiger charge is -2.37. The standard InChI is InChI=1S/C15H27N3OS/c1-12(2)10-13-17-14(20-18-13)16-11-15(8-9-19)6-4-3-5-7-15/h12,19H,3-11H2,1-2H3,(H,16,17,18). The minimum atomic E-state index is 0.261. The van der Waals surface area contributed by atoms with Crippen molar-refractivity contribution in [3.05, 3.63) is 5.82 Å². The van der Waals surface area contributed by atoms with Gasteiger partial charge < -0.3 is 10.4 Å². The van der Waals surface area contributed by atoms with Gasteiger partial charge in [0.2, 0.25) is 5.13 Å². The van der Waals surface area contributed by atoms with Gasteiger partial charge in [0.25, 0.3) is 0 Å². The summed E-state index contributed by atoms with van der Waals surface area (Å²) < 4.78 is 4.41. The second-order valence-electron chi connectivity index (χ2n) is 6.50. The lowest BCUT2D eigenvalue weighted by Crippen LogP contribution is -2.33. The molecule has 0 unspecified atom stereocenters. The lowest BCUT2D eigenvalue weighted by atomic mass is 9.72. The molecule has 1 fully saturated rings. The molecular weight excluding hydrogens is 270 g/mol. The van der Waals surface area contributed by atoms with E-state index in [1.54, 1.807) is 0 Å². The zero-order valence-corrected chi connectivity index (χ0v) is 13.5. The van der Waals surface area contributed by atoms with Gasteiger partial charge in [0.1, 0.15) is 5.82 Å². The van der Waals surface area contributed by atoms with E-state index >= 15 is 0 Å². The van der Waals surface area contributed by atoms with Gasteiger partial charge in [0, 0.05) is 31.1 Å². The van der Waals surface area contributed by atoms with Crippen LogP contribution in [-0.2, 0) is 6.42 Å². The molecule has 2 rings (SSSR count). The minimum absolute atomic E-state index is 0.261. The Labute approximate surface area is 126 Å². The maximum atomic E-state index is 9.33. The molecule has 0 spiro atoms. The molecule has 20 heavy (non-hydrogen) atoms. The van der Waals surface area contributed by atoms with Gasteiger partial charge in [0.15, 0.2) is 0 Å². The molecule has 0 aliphatic heterocycles. The molecule has 1 heterocycles. The molecule has 0 radical (unpaired) electrons.